The monoisotopic (exact) mass is 278 g/mol. The number of rotatable bonds is 4. The molecule has 0 amide bonds. The van der Waals surface area contributed by atoms with E-state index in [0.29, 0.717) is 15.6 Å². The Bertz CT molecular complexity index is 570. The van der Waals surface area contributed by atoms with Crippen LogP contribution in [0.1, 0.15) is 15.2 Å². The molecule has 2 aromatic rings. The molecular weight excluding hydrogens is 268 g/mol. The fraction of sp³-hybridized carbons (Fsp3) is 0.0714. The molecule has 4 heteroatoms. The van der Waals surface area contributed by atoms with E-state index in [4.69, 9.17) is 16.3 Å². The van der Waals surface area contributed by atoms with Gasteiger partial charge in [0.25, 0.3) is 0 Å². The van der Waals surface area contributed by atoms with Crippen molar-refractivity contribution >= 4 is 34.8 Å². The van der Waals surface area contributed by atoms with Gasteiger partial charge in [-0.1, -0.05) is 29.8 Å². The van der Waals surface area contributed by atoms with Gasteiger partial charge in [-0.05, 0) is 35.2 Å². The van der Waals surface area contributed by atoms with Gasteiger partial charge < -0.3 is 4.74 Å². The number of halogens is 1. The van der Waals surface area contributed by atoms with Crippen LogP contribution in [0.25, 0.3) is 6.08 Å². The van der Waals surface area contributed by atoms with Crippen molar-refractivity contribution in [1.29, 1.82) is 0 Å². The third kappa shape index (κ3) is 3.00. The SMILES string of the molecule is COc1ccsc1C(=O)C=Cc1ccc(Cl)cc1. The third-order valence-corrected chi connectivity index (χ3v) is 3.53. The summed E-state index contributed by atoms with van der Waals surface area (Å²) in [6, 6.07) is 9.08. The average molecular weight is 279 g/mol. The lowest BCUT2D eigenvalue weighted by Crippen LogP contribution is -1.93. The molecule has 0 saturated carbocycles. The Labute approximate surface area is 114 Å². The molecule has 2 rings (SSSR count). The number of ether oxygens (including phenoxy) is 1. The van der Waals surface area contributed by atoms with Crippen molar-refractivity contribution in [3.63, 3.8) is 0 Å². The Morgan fingerprint density at radius 2 is 2.00 bits per heavy atom. The van der Waals surface area contributed by atoms with Gasteiger partial charge in [0, 0.05) is 5.02 Å². The van der Waals surface area contributed by atoms with Crippen molar-refractivity contribution < 1.29 is 9.53 Å². The lowest BCUT2D eigenvalue weighted by atomic mass is 10.2. The molecule has 1 heterocycles. The molecule has 92 valence electrons. The maximum atomic E-state index is 11.9. The summed E-state index contributed by atoms with van der Waals surface area (Å²) < 4.78 is 5.11. The number of hydrogen-bond donors (Lipinski definition) is 0. The first-order chi connectivity index (χ1) is 8.70. The summed E-state index contributed by atoms with van der Waals surface area (Å²) in [5.74, 6) is 0.558. The summed E-state index contributed by atoms with van der Waals surface area (Å²) in [5.41, 5.74) is 0.934. The van der Waals surface area contributed by atoms with Crippen LogP contribution < -0.4 is 4.74 Å². The fourth-order valence-corrected chi connectivity index (χ4v) is 2.36. The highest BCUT2D eigenvalue weighted by atomic mass is 35.5. The highest BCUT2D eigenvalue weighted by Crippen LogP contribution is 2.25. The van der Waals surface area contributed by atoms with Gasteiger partial charge in [-0.3, -0.25) is 4.79 Å². The van der Waals surface area contributed by atoms with Crippen molar-refractivity contribution in [2.24, 2.45) is 0 Å². The molecule has 0 N–H and O–H groups in total. The zero-order valence-electron chi connectivity index (χ0n) is 9.72. The van der Waals surface area contributed by atoms with E-state index in [1.165, 1.54) is 17.4 Å². The van der Waals surface area contributed by atoms with Gasteiger partial charge in [-0.2, -0.15) is 0 Å². The highest BCUT2D eigenvalue weighted by Gasteiger charge is 2.10. The van der Waals surface area contributed by atoms with E-state index < -0.39 is 0 Å². The van der Waals surface area contributed by atoms with Gasteiger partial charge in [0.05, 0.1) is 7.11 Å². The number of carbonyl (C=O) groups excluding carboxylic acids is 1. The molecule has 0 aliphatic carbocycles. The van der Waals surface area contributed by atoms with E-state index in [-0.39, 0.29) is 5.78 Å². The summed E-state index contributed by atoms with van der Waals surface area (Å²) in [7, 11) is 1.56. The molecule has 0 atom stereocenters. The maximum absolute atomic E-state index is 11.9. The zero-order valence-corrected chi connectivity index (χ0v) is 11.3. The molecule has 0 saturated heterocycles. The standard InChI is InChI=1S/C14H11ClO2S/c1-17-13-8-9-18-14(13)12(16)7-4-10-2-5-11(15)6-3-10/h2-9H,1H3. The summed E-state index contributed by atoms with van der Waals surface area (Å²) in [5, 5.41) is 2.51. The molecule has 0 aliphatic rings. The van der Waals surface area contributed by atoms with Crippen molar-refractivity contribution in [3.05, 3.63) is 57.3 Å². The average Bonchev–Trinajstić information content (AvgIpc) is 2.86. The van der Waals surface area contributed by atoms with Gasteiger partial charge in [0.15, 0.2) is 5.78 Å². The largest absolute Gasteiger partial charge is 0.495 e. The summed E-state index contributed by atoms with van der Waals surface area (Å²) in [4.78, 5) is 12.6. The smallest absolute Gasteiger partial charge is 0.199 e. The van der Waals surface area contributed by atoms with Crippen molar-refractivity contribution in [2.45, 2.75) is 0 Å². The van der Waals surface area contributed by atoms with Crippen LogP contribution in [0.15, 0.2) is 41.8 Å². The third-order valence-electron chi connectivity index (χ3n) is 2.37. The lowest BCUT2D eigenvalue weighted by Gasteiger charge is -1.98. The number of benzene rings is 1. The highest BCUT2D eigenvalue weighted by molar-refractivity contribution is 7.12. The van der Waals surface area contributed by atoms with Crippen molar-refractivity contribution in [1.82, 2.24) is 0 Å². The number of thiophene rings is 1. The van der Waals surface area contributed by atoms with E-state index in [2.05, 4.69) is 0 Å². The molecule has 0 aliphatic heterocycles. The van der Waals surface area contributed by atoms with E-state index in [1.54, 1.807) is 31.4 Å². The van der Waals surface area contributed by atoms with Crippen molar-refractivity contribution in [3.8, 4) is 5.75 Å². The topological polar surface area (TPSA) is 26.3 Å². The van der Waals surface area contributed by atoms with Gasteiger partial charge in [-0.25, -0.2) is 0 Å². The Morgan fingerprint density at radius 1 is 1.28 bits per heavy atom. The van der Waals surface area contributed by atoms with Gasteiger partial charge in [0.1, 0.15) is 10.6 Å². The number of carbonyl (C=O) groups is 1. The van der Waals surface area contributed by atoms with Crippen LogP contribution in [-0.4, -0.2) is 12.9 Å². The van der Waals surface area contributed by atoms with E-state index in [0.717, 1.165) is 5.56 Å². The number of ketones is 1. The number of hydrogen-bond acceptors (Lipinski definition) is 3. The molecule has 2 nitrogen and oxygen atoms in total. The Balaban J connectivity index is 2.14. The Hall–Kier alpha value is -1.58. The summed E-state index contributed by atoms with van der Waals surface area (Å²) >= 11 is 7.16. The van der Waals surface area contributed by atoms with Gasteiger partial charge >= 0.3 is 0 Å². The minimum absolute atomic E-state index is 0.0585. The van der Waals surface area contributed by atoms with Gasteiger partial charge in [0.2, 0.25) is 0 Å². The van der Waals surface area contributed by atoms with Crippen LogP contribution in [0.4, 0.5) is 0 Å². The van der Waals surface area contributed by atoms with Crippen LogP contribution >= 0.6 is 22.9 Å². The molecule has 0 spiro atoms. The molecule has 0 bridgehead atoms. The number of allylic oxidation sites excluding steroid dienone is 1. The van der Waals surface area contributed by atoms with E-state index in [9.17, 15) is 4.79 Å². The van der Waals surface area contributed by atoms with Crippen LogP contribution in [0, 0.1) is 0 Å². The minimum atomic E-state index is -0.0585. The molecule has 1 aromatic carbocycles. The normalized spacial score (nSPS) is 10.8. The van der Waals surface area contributed by atoms with Crippen LogP contribution in [0.2, 0.25) is 5.02 Å². The zero-order chi connectivity index (χ0) is 13.0. The van der Waals surface area contributed by atoms with Gasteiger partial charge in [-0.15, -0.1) is 11.3 Å². The lowest BCUT2D eigenvalue weighted by molar-refractivity contribution is 0.104. The number of methoxy groups -OCH3 is 1. The molecule has 18 heavy (non-hydrogen) atoms. The Morgan fingerprint density at radius 3 is 2.67 bits per heavy atom. The second-order valence-corrected chi connectivity index (χ2v) is 4.92. The first-order valence-electron chi connectivity index (χ1n) is 5.30. The molecule has 0 radical (unpaired) electrons. The second kappa shape index (κ2) is 5.85. The first kappa shape index (κ1) is 12.9. The van der Waals surface area contributed by atoms with E-state index in [1.807, 2.05) is 17.5 Å². The second-order valence-electron chi connectivity index (χ2n) is 3.57. The van der Waals surface area contributed by atoms with E-state index >= 15 is 0 Å². The summed E-state index contributed by atoms with van der Waals surface area (Å²) in [6.45, 7) is 0. The summed E-state index contributed by atoms with van der Waals surface area (Å²) in [6.07, 6.45) is 3.30. The Kier molecular flexibility index (Phi) is 4.18. The quantitative estimate of drug-likeness (QED) is 0.615. The molecular formula is C14H11ClO2S. The molecule has 1 aromatic heterocycles. The molecule has 0 fully saturated rings. The van der Waals surface area contributed by atoms with Crippen LogP contribution in [-0.2, 0) is 0 Å². The predicted molar refractivity (Wildman–Crippen MR) is 75.7 cm³/mol. The minimum Gasteiger partial charge on any atom is -0.495 e. The van der Waals surface area contributed by atoms with Crippen LogP contribution in [0.5, 0.6) is 5.75 Å². The maximum Gasteiger partial charge on any atom is 0.199 e. The predicted octanol–water partition coefficient (Wildman–Crippen LogP) is 4.31. The van der Waals surface area contributed by atoms with Crippen molar-refractivity contribution in [2.75, 3.05) is 7.11 Å². The fourth-order valence-electron chi connectivity index (χ4n) is 1.46. The first-order valence-corrected chi connectivity index (χ1v) is 6.56. The molecule has 0 unspecified atom stereocenters. The van der Waals surface area contributed by atoms with Crippen LogP contribution in [0.3, 0.4) is 0 Å².